The Kier molecular flexibility index (Phi) is 4.18. The lowest BCUT2D eigenvalue weighted by Crippen LogP contribution is -2.42. The molecule has 0 spiro atoms. The van der Waals surface area contributed by atoms with Crippen molar-refractivity contribution in [2.75, 3.05) is 19.6 Å². The van der Waals surface area contributed by atoms with Crippen LogP contribution in [0.2, 0.25) is 0 Å². The van der Waals surface area contributed by atoms with Crippen LogP contribution in [0, 0.1) is 0 Å². The van der Waals surface area contributed by atoms with Gasteiger partial charge >= 0.3 is 0 Å². The molecule has 1 fully saturated rings. The van der Waals surface area contributed by atoms with E-state index in [1.807, 2.05) is 0 Å². The molecule has 0 aromatic rings. The van der Waals surface area contributed by atoms with Crippen molar-refractivity contribution in [2.24, 2.45) is 5.73 Å². The highest BCUT2D eigenvalue weighted by molar-refractivity contribution is 5.76. The number of carbonyl (C=O) groups is 1. The van der Waals surface area contributed by atoms with Gasteiger partial charge in [0.15, 0.2) is 0 Å². The maximum Gasteiger partial charge on any atom is 0.222 e. The predicted octanol–water partition coefficient (Wildman–Crippen LogP) is -0.291. The van der Waals surface area contributed by atoms with Crippen molar-refractivity contribution in [3.05, 3.63) is 0 Å². The molecule has 1 aliphatic rings. The minimum atomic E-state index is -0.324. The summed E-state index contributed by atoms with van der Waals surface area (Å²) in [4.78, 5) is 13.2. The average Bonchev–Trinajstić information content (AvgIpc) is 2.14. The summed E-state index contributed by atoms with van der Waals surface area (Å²) in [6.45, 7) is 1.85. The number of likely N-dealkylation sites (tertiary alicyclic amines) is 1. The number of aliphatic hydroxyl groups excluding tert-OH is 1. The Balaban J connectivity index is 2.28. The maximum absolute atomic E-state index is 11.5. The van der Waals surface area contributed by atoms with Crippen molar-refractivity contribution in [3.63, 3.8) is 0 Å². The van der Waals surface area contributed by atoms with Gasteiger partial charge in [-0.3, -0.25) is 4.79 Å². The largest absolute Gasteiger partial charge is 0.391 e. The number of hydrogen-bond donors (Lipinski definition) is 2. The summed E-state index contributed by atoms with van der Waals surface area (Å²) >= 11 is 0. The first-order chi connectivity index (χ1) is 6.24. The van der Waals surface area contributed by atoms with Crippen molar-refractivity contribution >= 4 is 5.91 Å². The third kappa shape index (κ3) is 3.32. The molecule has 1 aliphatic heterocycles. The van der Waals surface area contributed by atoms with Gasteiger partial charge < -0.3 is 15.7 Å². The molecule has 0 radical (unpaired) electrons. The van der Waals surface area contributed by atoms with E-state index in [0.29, 0.717) is 19.5 Å². The zero-order chi connectivity index (χ0) is 9.68. The summed E-state index contributed by atoms with van der Waals surface area (Å²) in [6.07, 6.45) is 2.67. The number of piperidine rings is 1. The monoisotopic (exact) mass is 186 g/mol. The topological polar surface area (TPSA) is 66.6 Å². The molecule has 1 amide bonds. The van der Waals surface area contributed by atoms with E-state index in [0.717, 1.165) is 25.8 Å². The first-order valence-electron chi connectivity index (χ1n) is 4.90. The second-order valence-electron chi connectivity index (χ2n) is 3.53. The molecule has 1 atom stereocenters. The average molecular weight is 186 g/mol. The Morgan fingerprint density at radius 2 is 2.38 bits per heavy atom. The van der Waals surface area contributed by atoms with Gasteiger partial charge in [-0.15, -0.1) is 0 Å². The van der Waals surface area contributed by atoms with Crippen molar-refractivity contribution in [1.29, 1.82) is 0 Å². The summed E-state index contributed by atoms with van der Waals surface area (Å²) in [6, 6.07) is 0. The second kappa shape index (κ2) is 5.19. The predicted molar refractivity (Wildman–Crippen MR) is 50.1 cm³/mol. The van der Waals surface area contributed by atoms with Crippen molar-refractivity contribution in [2.45, 2.75) is 31.8 Å². The molecule has 76 valence electrons. The van der Waals surface area contributed by atoms with Crippen LogP contribution in [0.25, 0.3) is 0 Å². The number of nitrogens with zero attached hydrogens (tertiary/aromatic N) is 1. The molecule has 0 bridgehead atoms. The van der Waals surface area contributed by atoms with E-state index in [4.69, 9.17) is 5.73 Å². The van der Waals surface area contributed by atoms with Gasteiger partial charge in [0, 0.05) is 19.5 Å². The van der Waals surface area contributed by atoms with Crippen LogP contribution in [0.15, 0.2) is 0 Å². The summed E-state index contributed by atoms with van der Waals surface area (Å²) in [5, 5.41) is 9.34. The second-order valence-corrected chi connectivity index (χ2v) is 3.53. The molecule has 0 unspecified atom stereocenters. The molecular weight excluding hydrogens is 168 g/mol. The molecule has 3 N–H and O–H groups in total. The first-order valence-corrected chi connectivity index (χ1v) is 4.90. The van der Waals surface area contributed by atoms with Gasteiger partial charge in [0.05, 0.1) is 6.10 Å². The summed E-state index contributed by atoms with van der Waals surface area (Å²) in [5.41, 5.74) is 5.31. The fraction of sp³-hybridized carbons (Fsp3) is 0.889. The van der Waals surface area contributed by atoms with E-state index in [1.165, 1.54) is 0 Å². The van der Waals surface area contributed by atoms with Crippen LogP contribution in [0.3, 0.4) is 0 Å². The van der Waals surface area contributed by atoms with E-state index in [9.17, 15) is 9.90 Å². The highest BCUT2D eigenvalue weighted by Crippen LogP contribution is 2.11. The molecule has 0 aliphatic carbocycles. The quantitative estimate of drug-likeness (QED) is 0.636. The molecule has 1 rings (SSSR count). The van der Waals surface area contributed by atoms with Crippen LogP contribution in [-0.4, -0.2) is 41.7 Å². The van der Waals surface area contributed by atoms with Crippen molar-refractivity contribution in [3.8, 4) is 0 Å². The van der Waals surface area contributed by atoms with Crippen LogP contribution in [0.5, 0.6) is 0 Å². The van der Waals surface area contributed by atoms with Crippen LogP contribution < -0.4 is 5.73 Å². The van der Waals surface area contributed by atoms with E-state index in [-0.39, 0.29) is 12.0 Å². The molecule has 1 saturated heterocycles. The maximum atomic E-state index is 11.5. The molecule has 13 heavy (non-hydrogen) atoms. The molecule has 1 heterocycles. The Morgan fingerprint density at radius 3 is 3.00 bits per heavy atom. The highest BCUT2D eigenvalue weighted by atomic mass is 16.3. The smallest absolute Gasteiger partial charge is 0.222 e. The third-order valence-corrected chi connectivity index (χ3v) is 2.34. The standard InChI is InChI=1S/C9H18N2O2/c10-5-1-4-9(13)11-6-2-3-8(12)7-11/h8,12H,1-7,10H2/t8-/m0/s1. The Hall–Kier alpha value is -0.610. The van der Waals surface area contributed by atoms with E-state index in [2.05, 4.69) is 0 Å². The number of hydrogen-bond acceptors (Lipinski definition) is 3. The fourth-order valence-electron chi connectivity index (χ4n) is 1.59. The van der Waals surface area contributed by atoms with E-state index in [1.54, 1.807) is 4.90 Å². The highest BCUT2D eigenvalue weighted by Gasteiger charge is 2.20. The number of nitrogens with two attached hydrogens (primary N) is 1. The summed E-state index contributed by atoms with van der Waals surface area (Å²) in [5.74, 6) is 0.129. The first kappa shape index (κ1) is 10.5. The lowest BCUT2D eigenvalue weighted by molar-refractivity contribution is -0.134. The zero-order valence-corrected chi connectivity index (χ0v) is 7.91. The van der Waals surface area contributed by atoms with Gasteiger partial charge in [0.25, 0.3) is 0 Å². The SMILES string of the molecule is NCCCC(=O)N1CCC[C@H](O)C1. The van der Waals surface area contributed by atoms with Gasteiger partial charge in [-0.05, 0) is 25.8 Å². The van der Waals surface area contributed by atoms with Crippen LogP contribution in [0.1, 0.15) is 25.7 Å². The van der Waals surface area contributed by atoms with E-state index >= 15 is 0 Å². The molecular formula is C9H18N2O2. The van der Waals surface area contributed by atoms with Crippen molar-refractivity contribution < 1.29 is 9.90 Å². The normalized spacial score (nSPS) is 23.2. The fourth-order valence-corrected chi connectivity index (χ4v) is 1.59. The van der Waals surface area contributed by atoms with Gasteiger partial charge in [-0.25, -0.2) is 0 Å². The Bertz CT molecular complexity index is 173. The van der Waals surface area contributed by atoms with Gasteiger partial charge in [-0.2, -0.15) is 0 Å². The van der Waals surface area contributed by atoms with Crippen molar-refractivity contribution in [1.82, 2.24) is 4.90 Å². The van der Waals surface area contributed by atoms with Crippen LogP contribution >= 0.6 is 0 Å². The number of amides is 1. The van der Waals surface area contributed by atoms with Gasteiger partial charge in [0.2, 0.25) is 5.91 Å². The van der Waals surface area contributed by atoms with Gasteiger partial charge in [0.1, 0.15) is 0 Å². The molecule has 0 saturated carbocycles. The minimum Gasteiger partial charge on any atom is -0.391 e. The molecule has 4 nitrogen and oxygen atoms in total. The Labute approximate surface area is 78.7 Å². The number of rotatable bonds is 3. The Morgan fingerprint density at radius 1 is 1.62 bits per heavy atom. The lowest BCUT2D eigenvalue weighted by Gasteiger charge is -2.30. The zero-order valence-electron chi connectivity index (χ0n) is 7.91. The molecule has 4 heteroatoms. The number of carbonyl (C=O) groups excluding carboxylic acids is 1. The number of β-amino-alcohol motifs (C(OH)–C–C–N with tert-alkyl or cyclic N) is 1. The number of aliphatic hydroxyl groups is 1. The van der Waals surface area contributed by atoms with Gasteiger partial charge in [-0.1, -0.05) is 0 Å². The summed E-state index contributed by atoms with van der Waals surface area (Å²) < 4.78 is 0. The molecule has 0 aromatic carbocycles. The molecule has 0 aromatic heterocycles. The lowest BCUT2D eigenvalue weighted by atomic mass is 10.1. The third-order valence-electron chi connectivity index (χ3n) is 2.34. The minimum absolute atomic E-state index is 0.129. The van der Waals surface area contributed by atoms with E-state index < -0.39 is 0 Å². The van der Waals surface area contributed by atoms with Crippen LogP contribution in [-0.2, 0) is 4.79 Å². The van der Waals surface area contributed by atoms with Crippen LogP contribution in [0.4, 0.5) is 0 Å². The summed E-state index contributed by atoms with van der Waals surface area (Å²) in [7, 11) is 0.